The Balaban J connectivity index is 1.06. The molecule has 0 radical (unpaired) electrons. The minimum Gasteiger partial charge on any atom is -0.484 e. The molecule has 3 saturated carbocycles. The van der Waals surface area contributed by atoms with Gasteiger partial charge in [0.25, 0.3) is 11.8 Å². The van der Waals surface area contributed by atoms with Crippen LogP contribution in [0.3, 0.4) is 0 Å². The van der Waals surface area contributed by atoms with Crippen LogP contribution in [0.25, 0.3) is 0 Å². The Morgan fingerprint density at radius 1 is 1.12 bits per heavy atom. The number of carbonyl (C=O) groups excluding carboxylic acids is 2. The summed E-state index contributed by atoms with van der Waals surface area (Å²) in [6, 6.07) is 13.7. The smallest absolute Gasteiger partial charge is 0.258 e. The van der Waals surface area contributed by atoms with Crippen LogP contribution in [0.15, 0.2) is 48.5 Å². The number of benzene rings is 2. The fraction of sp³-hybridized carbons (Fsp3) is 0.391. The average Bonchev–Trinajstić information content (AvgIpc) is 3.23. The Morgan fingerprint density at radius 3 is 2.56 bits per heavy atom. The first-order valence-electron chi connectivity index (χ1n) is 10.5. The minimum absolute atomic E-state index is 0.00242. The van der Waals surface area contributed by atoms with Gasteiger partial charge in [-0.3, -0.25) is 14.9 Å². The summed E-state index contributed by atoms with van der Waals surface area (Å²) in [6.07, 6.45) is 1.19. The fourth-order valence-corrected chi connectivity index (χ4v) is 5.01. The SMILES string of the molecule is O=C(COc1ccc(Cl)c(F)c1)NC12CC(NC(=O)C3CNC(c4ccccc4)O3)(C1)C2. The van der Waals surface area contributed by atoms with Gasteiger partial charge < -0.3 is 20.1 Å². The molecule has 0 aromatic heterocycles. The van der Waals surface area contributed by atoms with E-state index in [0.717, 1.165) is 11.6 Å². The number of amides is 2. The van der Waals surface area contributed by atoms with Gasteiger partial charge >= 0.3 is 0 Å². The molecule has 2 unspecified atom stereocenters. The van der Waals surface area contributed by atoms with Gasteiger partial charge in [-0.1, -0.05) is 41.9 Å². The van der Waals surface area contributed by atoms with E-state index >= 15 is 0 Å². The van der Waals surface area contributed by atoms with Crippen LogP contribution in [0, 0.1) is 5.82 Å². The van der Waals surface area contributed by atoms with Gasteiger partial charge in [0.1, 0.15) is 17.8 Å². The van der Waals surface area contributed by atoms with Crippen LogP contribution < -0.4 is 20.7 Å². The van der Waals surface area contributed by atoms with Crippen LogP contribution in [0.5, 0.6) is 5.75 Å². The molecule has 7 nitrogen and oxygen atoms in total. The van der Waals surface area contributed by atoms with Crippen molar-refractivity contribution in [3.05, 3.63) is 64.9 Å². The van der Waals surface area contributed by atoms with E-state index in [4.69, 9.17) is 21.1 Å². The minimum atomic E-state index is -0.599. The van der Waals surface area contributed by atoms with Crippen LogP contribution in [0.2, 0.25) is 5.02 Å². The van der Waals surface area contributed by atoms with Crippen molar-refractivity contribution in [1.29, 1.82) is 0 Å². The number of hydrogen-bond acceptors (Lipinski definition) is 5. The van der Waals surface area contributed by atoms with Gasteiger partial charge in [0.2, 0.25) is 0 Å². The van der Waals surface area contributed by atoms with Crippen molar-refractivity contribution in [3.8, 4) is 5.75 Å². The average molecular weight is 460 g/mol. The molecule has 4 fully saturated rings. The Labute approximate surface area is 189 Å². The second-order valence-electron chi connectivity index (χ2n) is 8.82. The first kappa shape index (κ1) is 21.2. The molecule has 32 heavy (non-hydrogen) atoms. The maximum absolute atomic E-state index is 13.5. The lowest BCUT2D eigenvalue weighted by atomic mass is 9.44. The first-order valence-corrected chi connectivity index (χ1v) is 10.9. The highest BCUT2D eigenvalue weighted by atomic mass is 35.5. The van der Waals surface area contributed by atoms with E-state index in [9.17, 15) is 14.0 Å². The maximum atomic E-state index is 13.5. The third kappa shape index (κ3) is 4.05. The predicted octanol–water partition coefficient (Wildman–Crippen LogP) is 2.45. The van der Waals surface area contributed by atoms with Crippen LogP contribution >= 0.6 is 11.6 Å². The zero-order valence-corrected chi connectivity index (χ0v) is 18.0. The van der Waals surface area contributed by atoms with Crippen molar-refractivity contribution in [2.24, 2.45) is 0 Å². The van der Waals surface area contributed by atoms with Crippen LogP contribution in [0.4, 0.5) is 4.39 Å². The van der Waals surface area contributed by atoms with Crippen LogP contribution in [-0.4, -0.2) is 42.1 Å². The number of rotatable bonds is 7. The van der Waals surface area contributed by atoms with Crippen LogP contribution in [0.1, 0.15) is 31.1 Å². The lowest BCUT2D eigenvalue weighted by molar-refractivity contribution is -0.155. The quantitative estimate of drug-likeness (QED) is 0.592. The number of nitrogens with one attached hydrogen (secondary N) is 3. The second-order valence-corrected chi connectivity index (χ2v) is 9.22. The number of ether oxygens (including phenoxy) is 2. The van der Waals surface area contributed by atoms with Crippen molar-refractivity contribution in [3.63, 3.8) is 0 Å². The third-order valence-electron chi connectivity index (χ3n) is 6.27. The summed E-state index contributed by atoms with van der Waals surface area (Å²) < 4.78 is 24.7. The second kappa shape index (κ2) is 8.03. The highest BCUT2D eigenvalue weighted by Crippen LogP contribution is 2.60. The molecule has 168 valence electrons. The molecule has 1 aliphatic heterocycles. The van der Waals surface area contributed by atoms with E-state index in [1.807, 2.05) is 30.3 Å². The van der Waals surface area contributed by atoms with Gasteiger partial charge in [-0.05, 0) is 37.0 Å². The molecule has 3 N–H and O–H groups in total. The molecule has 2 atom stereocenters. The molecule has 0 spiro atoms. The van der Waals surface area contributed by atoms with Crippen molar-refractivity contribution in [2.45, 2.75) is 42.7 Å². The van der Waals surface area contributed by atoms with Crippen molar-refractivity contribution >= 4 is 23.4 Å². The zero-order valence-electron chi connectivity index (χ0n) is 17.2. The molecule has 2 aromatic carbocycles. The predicted molar refractivity (Wildman–Crippen MR) is 115 cm³/mol. The molecule has 1 heterocycles. The number of carbonyl (C=O) groups is 2. The van der Waals surface area contributed by atoms with Crippen molar-refractivity contribution in [1.82, 2.24) is 16.0 Å². The summed E-state index contributed by atoms with van der Waals surface area (Å²) in [5.74, 6) is -0.779. The van der Waals surface area contributed by atoms with E-state index < -0.39 is 11.9 Å². The lowest BCUT2D eigenvalue weighted by Gasteiger charge is -2.70. The summed E-state index contributed by atoms with van der Waals surface area (Å²) in [6.45, 7) is 0.233. The standard InChI is InChI=1S/C23H23ClFN3O4/c24-16-7-6-15(8-17(16)25)31-10-19(29)27-22-11-23(12-22,13-22)28-20(30)18-9-26-21(32-18)14-4-2-1-3-5-14/h1-8,18,21,26H,9-13H2,(H,27,29)(H,28,30). The molecular weight excluding hydrogens is 437 g/mol. The highest BCUT2D eigenvalue weighted by Gasteiger charge is 2.69. The zero-order chi connectivity index (χ0) is 22.3. The Bertz CT molecular complexity index is 1030. The molecule has 1 saturated heterocycles. The fourth-order valence-electron chi connectivity index (χ4n) is 4.90. The molecule has 2 amide bonds. The maximum Gasteiger partial charge on any atom is 0.258 e. The Kier molecular flexibility index (Phi) is 5.31. The highest BCUT2D eigenvalue weighted by molar-refractivity contribution is 6.30. The molecule has 2 bridgehead atoms. The van der Waals surface area contributed by atoms with E-state index in [0.29, 0.717) is 25.8 Å². The van der Waals surface area contributed by atoms with Gasteiger partial charge in [0.05, 0.1) is 5.02 Å². The monoisotopic (exact) mass is 459 g/mol. The van der Waals surface area contributed by atoms with Crippen LogP contribution in [-0.2, 0) is 14.3 Å². The third-order valence-corrected chi connectivity index (χ3v) is 6.57. The van der Waals surface area contributed by atoms with E-state index in [2.05, 4.69) is 16.0 Å². The normalized spacial score (nSPS) is 30.1. The summed E-state index contributed by atoms with van der Waals surface area (Å²) in [5.41, 5.74) is 0.400. The Morgan fingerprint density at radius 2 is 1.84 bits per heavy atom. The molecule has 2 aromatic rings. The van der Waals surface area contributed by atoms with Gasteiger partial charge in [0, 0.05) is 23.7 Å². The molecule has 6 rings (SSSR count). The van der Waals surface area contributed by atoms with Gasteiger partial charge in [-0.2, -0.15) is 0 Å². The molecule has 4 aliphatic rings. The lowest BCUT2D eigenvalue weighted by Crippen LogP contribution is -2.84. The summed E-state index contributed by atoms with van der Waals surface area (Å²) in [5, 5.41) is 9.29. The Hall–Kier alpha value is -2.68. The van der Waals surface area contributed by atoms with E-state index in [1.165, 1.54) is 12.1 Å². The topological polar surface area (TPSA) is 88.7 Å². The first-order chi connectivity index (χ1) is 15.4. The van der Waals surface area contributed by atoms with E-state index in [1.54, 1.807) is 0 Å². The molecule has 3 aliphatic carbocycles. The molecular formula is C23H23ClFN3O4. The summed E-state index contributed by atoms with van der Waals surface area (Å²) in [7, 11) is 0. The van der Waals surface area contributed by atoms with Gasteiger partial charge in [-0.15, -0.1) is 0 Å². The summed E-state index contributed by atoms with van der Waals surface area (Å²) >= 11 is 5.64. The van der Waals surface area contributed by atoms with Crippen molar-refractivity contribution in [2.75, 3.05) is 13.2 Å². The van der Waals surface area contributed by atoms with Gasteiger partial charge in [0.15, 0.2) is 12.7 Å². The molecule has 9 heteroatoms. The van der Waals surface area contributed by atoms with E-state index in [-0.39, 0.29) is 46.5 Å². The largest absolute Gasteiger partial charge is 0.484 e. The van der Waals surface area contributed by atoms with Gasteiger partial charge in [-0.25, -0.2) is 4.39 Å². The summed E-state index contributed by atoms with van der Waals surface area (Å²) in [4.78, 5) is 24.9. The number of hydrogen-bond donors (Lipinski definition) is 3. The van der Waals surface area contributed by atoms with Crippen molar-refractivity contribution < 1.29 is 23.5 Å². The number of halogens is 2.